The van der Waals surface area contributed by atoms with Crippen LogP contribution < -0.4 is 5.32 Å². The van der Waals surface area contributed by atoms with Crippen LogP contribution in [0.2, 0.25) is 0 Å². The molecular formula is C14H25N3O2. The maximum atomic E-state index is 5.86. The lowest BCUT2D eigenvalue weighted by Gasteiger charge is -2.38. The van der Waals surface area contributed by atoms with Crippen molar-refractivity contribution in [2.75, 3.05) is 25.6 Å². The Kier molecular flexibility index (Phi) is 4.82. The standard InChI is InChI=1S/C14H25N3O2/c1-4-14(2)9-12(5-7-19-14)16-13-10-15-17(11-13)6-8-18-3/h10-12,16H,4-9H2,1-3H3. The lowest BCUT2D eigenvalue weighted by Crippen LogP contribution is -2.41. The highest BCUT2D eigenvalue weighted by Gasteiger charge is 2.31. The zero-order valence-corrected chi connectivity index (χ0v) is 12.2. The molecule has 19 heavy (non-hydrogen) atoms. The molecule has 0 amide bonds. The Morgan fingerprint density at radius 3 is 3.21 bits per heavy atom. The van der Waals surface area contributed by atoms with E-state index < -0.39 is 0 Å². The van der Waals surface area contributed by atoms with Gasteiger partial charge in [0.2, 0.25) is 0 Å². The number of hydrogen-bond donors (Lipinski definition) is 1. The number of ether oxygens (including phenoxy) is 2. The van der Waals surface area contributed by atoms with E-state index in [0.29, 0.717) is 12.6 Å². The van der Waals surface area contributed by atoms with Crippen molar-refractivity contribution in [2.24, 2.45) is 0 Å². The Hall–Kier alpha value is -1.07. The van der Waals surface area contributed by atoms with Gasteiger partial charge in [0, 0.05) is 26.0 Å². The van der Waals surface area contributed by atoms with Crippen LogP contribution in [0, 0.1) is 0 Å². The highest BCUT2D eigenvalue weighted by atomic mass is 16.5. The SMILES string of the molecule is CCC1(C)CC(Nc2cnn(CCOC)c2)CCO1. The van der Waals surface area contributed by atoms with Crippen LogP contribution in [0.3, 0.4) is 0 Å². The molecule has 1 aromatic rings. The zero-order chi connectivity index (χ0) is 13.7. The quantitative estimate of drug-likeness (QED) is 0.859. The fourth-order valence-electron chi connectivity index (χ4n) is 2.48. The maximum absolute atomic E-state index is 5.86. The summed E-state index contributed by atoms with van der Waals surface area (Å²) in [5.41, 5.74) is 1.10. The van der Waals surface area contributed by atoms with Crippen molar-refractivity contribution in [3.05, 3.63) is 12.4 Å². The molecule has 1 aliphatic rings. The summed E-state index contributed by atoms with van der Waals surface area (Å²) < 4.78 is 12.8. The van der Waals surface area contributed by atoms with Crippen LogP contribution >= 0.6 is 0 Å². The lowest BCUT2D eigenvalue weighted by molar-refractivity contribution is -0.0708. The Morgan fingerprint density at radius 2 is 2.47 bits per heavy atom. The first kappa shape index (κ1) is 14.3. The van der Waals surface area contributed by atoms with E-state index in [9.17, 15) is 0 Å². The number of rotatable bonds is 6. The van der Waals surface area contributed by atoms with Gasteiger partial charge >= 0.3 is 0 Å². The molecule has 2 unspecified atom stereocenters. The average Bonchev–Trinajstić information content (AvgIpc) is 2.84. The molecule has 0 saturated carbocycles. The normalized spacial score (nSPS) is 27.4. The van der Waals surface area contributed by atoms with Gasteiger partial charge < -0.3 is 14.8 Å². The molecule has 2 atom stereocenters. The van der Waals surface area contributed by atoms with Crippen LogP contribution in [0.25, 0.3) is 0 Å². The van der Waals surface area contributed by atoms with E-state index in [0.717, 1.165) is 38.1 Å². The topological polar surface area (TPSA) is 48.3 Å². The third kappa shape index (κ3) is 3.94. The molecule has 0 aliphatic carbocycles. The number of nitrogens with one attached hydrogen (secondary N) is 1. The van der Waals surface area contributed by atoms with Crippen molar-refractivity contribution in [1.29, 1.82) is 0 Å². The molecular weight excluding hydrogens is 242 g/mol. The van der Waals surface area contributed by atoms with E-state index in [1.165, 1.54) is 0 Å². The molecule has 108 valence electrons. The van der Waals surface area contributed by atoms with Crippen molar-refractivity contribution in [3.63, 3.8) is 0 Å². The van der Waals surface area contributed by atoms with E-state index in [1.54, 1.807) is 7.11 Å². The largest absolute Gasteiger partial charge is 0.383 e. The fourth-order valence-corrected chi connectivity index (χ4v) is 2.48. The van der Waals surface area contributed by atoms with E-state index in [1.807, 2.05) is 17.1 Å². The van der Waals surface area contributed by atoms with Crippen LogP contribution in [0.5, 0.6) is 0 Å². The molecule has 1 aliphatic heterocycles. The van der Waals surface area contributed by atoms with Crippen molar-refractivity contribution in [1.82, 2.24) is 9.78 Å². The second-order valence-corrected chi connectivity index (χ2v) is 5.47. The summed E-state index contributed by atoms with van der Waals surface area (Å²) in [7, 11) is 1.70. The van der Waals surface area contributed by atoms with Gasteiger partial charge in [-0.15, -0.1) is 0 Å². The molecule has 0 spiro atoms. The lowest BCUT2D eigenvalue weighted by atomic mass is 9.90. The van der Waals surface area contributed by atoms with E-state index in [4.69, 9.17) is 9.47 Å². The third-order valence-corrected chi connectivity index (χ3v) is 3.87. The molecule has 5 heteroatoms. The summed E-state index contributed by atoms with van der Waals surface area (Å²) >= 11 is 0. The van der Waals surface area contributed by atoms with Crippen LogP contribution in [-0.4, -0.2) is 41.7 Å². The van der Waals surface area contributed by atoms with E-state index in [2.05, 4.69) is 24.3 Å². The van der Waals surface area contributed by atoms with E-state index in [-0.39, 0.29) is 5.60 Å². The van der Waals surface area contributed by atoms with Gasteiger partial charge in [0.05, 0.1) is 30.6 Å². The number of aromatic nitrogens is 2. The summed E-state index contributed by atoms with van der Waals surface area (Å²) in [6.45, 7) is 6.69. The monoisotopic (exact) mass is 267 g/mol. The molecule has 2 rings (SSSR count). The van der Waals surface area contributed by atoms with Gasteiger partial charge in [0.25, 0.3) is 0 Å². The molecule has 0 radical (unpaired) electrons. The summed E-state index contributed by atoms with van der Waals surface area (Å²) in [6, 6.07) is 0.471. The minimum Gasteiger partial charge on any atom is -0.383 e. The first-order valence-corrected chi connectivity index (χ1v) is 7.07. The second kappa shape index (κ2) is 6.39. The fraction of sp³-hybridized carbons (Fsp3) is 0.786. The molecule has 5 nitrogen and oxygen atoms in total. The Balaban J connectivity index is 1.88. The van der Waals surface area contributed by atoms with Gasteiger partial charge in [-0.1, -0.05) is 6.92 Å². The smallest absolute Gasteiger partial charge is 0.0728 e. The Labute approximate surface area is 115 Å². The predicted molar refractivity (Wildman–Crippen MR) is 75.4 cm³/mol. The maximum Gasteiger partial charge on any atom is 0.0728 e. The highest BCUT2D eigenvalue weighted by Crippen LogP contribution is 2.29. The second-order valence-electron chi connectivity index (χ2n) is 5.47. The molecule has 1 aromatic heterocycles. The molecule has 0 bridgehead atoms. The van der Waals surface area contributed by atoms with Crippen molar-refractivity contribution in [2.45, 2.75) is 51.3 Å². The number of nitrogens with zero attached hydrogens (tertiary/aromatic N) is 2. The van der Waals surface area contributed by atoms with Crippen molar-refractivity contribution in [3.8, 4) is 0 Å². The molecule has 2 heterocycles. The van der Waals surface area contributed by atoms with Gasteiger partial charge in [0.15, 0.2) is 0 Å². The van der Waals surface area contributed by atoms with Gasteiger partial charge in [0.1, 0.15) is 0 Å². The molecule has 0 aromatic carbocycles. The number of hydrogen-bond acceptors (Lipinski definition) is 4. The van der Waals surface area contributed by atoms with Crippen molar-refractivity contribution >= 4 is 5.69 Å². The molecule has 1 N–H and O–H groups in total. The van der Waals surface area contributed by atoms with Crippen LogP contribution in [0.4, 0.5) is 5.69 Å². The van der Waals surface area contributed by atoms with Crippen LogP contribution in [-0.2, 0) is 16.0 Å². The van der Waals surface area contributed by atoms with E-state index >= 15 is 0 Å². The number of anilines is 1. The summed E-state index contributed by atoms with van der Waals surface area (Å²) in [6.07, 6.45) is 7.08. The van der Waals surface area contributed by atoms with Crippen molar-refractivity contribution < 1.29 is 9.47 Å². The molecule has 1 fully saturated rings. The minimum atomic E-state index is 0.0158. The van der Waals surface area contributed by atoms with Gasteiger partial charge in [-0.05, 0) is 26.2 Å². The third-order valence-electron chi connectivity index (χ3n) is 3.87. The first-order valence-electron chi connectivity index (χ1n) is 7.07. The van der Waals surface area contributed by atoms with Gasteiger partial charge in [-0.2, -0.15) is 5.10 Å². The minimum absolute atomic E-state index is 0.0158. The van der Waals surface area contributed by atoms with Crippen LogP contribution in [0.1, 0.15) is 33.1 Å². The molecule has 1 saturated heterocycles. The Bertz CT molecular complexity index is 394. The van der Waals surface area contributed by atoms with Gasteiger partial charge in [-0.3, -0.25) is 4.68 Å². The predicted octanol–water partition coefficient (Wildman–Crippen LogP) is 2.29. The first-order chi connectivity index (χ1) is 9.15. The highest BCUT2D eigenvalue weighted by molar-refractivity contribution is 5.39. The summed E-state index contributed by atoms with van der Waals surface area (Å²) in [5, 5.41) is 7.88. The number of methoxy groups -OCH3 is 1. The summed E-state index contributed by atoms with van der Waals surface area (Å²) in [5.74, 6) is 0. The zero-order valence-electron chi connectivity index (χ0n) is 12.2. The van der Waals surface area contributed by atoms with Gasteiger partial charge in [-0.25, -0.2) is 0 Å². The summed E-state index contributed by atoms with van der Waals surface area (Å²) in [4.78, 5) is 0. The van der Waals surface area contributed by atoms with Crippen LogP contribution in [0.15, 0.2) is 12.4 Å². The Morgan fingerprint density at radius 1 is 1.63 bits per heavy atom. The average molecular weight is 267 g/mol.